The number of methoxy groups -OCH3 is 1. The molecule has 13 heavy (non-hydrogen) atoms. The first-order valence-corrected chi connectivity index (χ1v) is 3.54. The highest BCUT2D eigenvalue weighted by Crippen LogP contribution is 2.04. The van der Waals surface area contributed by atoms with E-state index in [9.17, 15) is 8.78 Å². The van der Waals surface area contributed by atoms with Gasteiger partial charge in [0.25, 0.3) is 0 Å². The maximum atomic E-state index is 12.4. The molecule has 0 radical (unpaired) electrons. The summed E-state index contributed by atoms with van der Waals surface area (Å²) in [6.45, 7) is 0.459. The van der Waals surface area contributed by atoms with Crippen molar-refractivity contribution in [3.8, 4) is 6.01 Å². The van der Waals surface area contributed by atoms with Gasteiger partial charge in [0.05, 0.1) is 6.61 Å². The number of ether oxygens (including phenoxy) is 2. The van der Waals surface area contributed by atoms with Crippen LogP contribution in [0.3, 0.4) is 0 Å². The van der Waals surface area contributed by atoms with E-state index >= 15 is 0 Å². The molecule has 1 aromatic heterocycles. The zero-order chi connectivity index (χ0) is 9.68. The Balaban J connectivity index is 2.56. The largest absolute Gasteiger partial charge is 0.461 e. The molecule has 0 unspecified atom stereocenters. The van der Waals surface area contributed by atoms with Gasteiger partial charge in [0.15, 0.2) is 0 Å². The summed E-state index contributed by atoms with van der Waals surface area (Å²) in [6.07, 6.45) is 0. The highest BCUT2D eigenvalue weighted by Gasteiger charge is 2.03. The van der Waals surface area contributed by atoms with E-state index in [-0.39, 0.29) is 12.6 Å². The molecule has 0 amide bonds. The van der Waals surface area contributed by atoms with Crippen LogP contribution in [0, 0.1) is 11.9 Å². The van der Waals surface area contributed by atoms with Gasteiger partial charge in [-0.25, -0.2) is 0 Å². The van der Waals surface area contributed by atoms with Crippen LogP contribution in [-0.4, -0.2) is 30.3 Å². The number of hydrogen-bond donors (Lipinski definition) is 0. The van der Waals surface area contributed by atoms with Gasteiger partial charge in [-0.1, -0.05) is 0 Å². The molecular formula is C7H8F2N2O2. The summed E-state index contributed by atoms with van der Waals surface area (Å²) in [5, 5.41) is 0. The molecule has 0 aliphatic heterocycles. The molecule has 0 fully saturated rings. The Morgan fingerprint density at radius 3 is 2.38 bits per heavy atom. The first kappa shape index (κ1) is 9.79. The molecule has 0 saturated carbocycles. The smallest absolute Gasteiger partial charge is 0.321 e. The third-order valence-electron chi connectivity index (χ3n) is 1.16. The molecule has 6 heteroatoms. The number of hydrogen-bond acceptors (Lipinski definition) is 4. The van der Waals surface area contributed by atoms with Gasteiger partial charge in [-0.05, 0) is 0 Å². The third-order valence-corrected chi connectivity index (χ3v) is 1.16. The zero-order valence-corrected chi connectivity index (χ0v) is 6.96. The van der Waals surface area contributed by atoms with Crippen molar-refractivity contribution in [1.82, 2.24) is 9.97 Å². The van der Waals surface area contributed by atoms with Gasteiger partial charge < -0.3 is 9.47 Å². The lowest BCUT2D eigenvalue weighted by Gasteiger charge is -2.02. The second kappa shape index (κ2) is 4.66. The van der Waals surface area contributed by atoms with E-state index in [1.54, 1.807) is 0 Å². The molecule has 0 aromatic carbocycles. The van der Waals surface area contributed by atoms with Crippen molar-refractivity contribution in [3.05, 3.63) is 18.0 Å². The normalized spacial score (nSPS) is 10.1. The number of nitrogens with zero attached hydrogens (tertiary/aromatic N) is 2. The number of halogens is 2. The van der Waals surface area contributed by atoms with Crippen molar-refractivity contribution in [2.45, 2.75) is 0 Å². The zero-order valence-electron chi connectivity index (χ0n) is 6.96. The fourth-order valence-corrected chi connectivity index (χ4v) is 0.651. The Hall–Kier alpha value is -1.30. The Morgan fingerprint density at radius 1 is 1.23 bits per heavy atom. The van der Waals surface area contributed by atoms with Crippen LogP contribution in [-0.2, 0) is 4.74 Å². The second-order valence-electron chi connectivity index (χ2n) is 2.14. The van der Waals surface area contributed by atoms with Crippen molar-refractivity contribution < 1.29 is 18.3 Å². The van der Waals surface area contributed by atoms with E-state index in [0.29, 0.717) is 12.7 Å². The van der Waals surface area contributed by atoms with E-state index in [2.05, 4.69) is 14.7 Å². The summed E-state index contributed by atoms with van der Waals surface area (Å²) in [7, 11) is 1.48. The highest BCUT2D eigenvalue weighted by atomic mass is 19.1. The van der Waals surface area contributed by atoms with Gasteiger partial charge in [-0.15, -0.1) is 0 Å². The van der Waals surface area contributed by atoms with Crippen molar-refractivity contribution in [1.29, 1.82) is 0 Å². The van der Waals surface area contributed by atoms with Crippen molar-refractivity contribution in [3.63, 3.8) is 0 Å². The minimum Gasteiger partial charge on any atom is -0.461 e. The minimum absolute atomic E-state index is 0.152. The summed E-state index contributed by atoms with van der Waals surface area (Å²) in [5.74, 6) is -1.92. The Kier molecular flexibility index (Phi) is 3.51. The molecule has 1 heterocycles. The van der Waals surface area contributed by atoms with Gasteiger partial charge in [-0.3, -0.25) is 0 Å². The van der Waals surface area contributed by atoms with E-state index < -0.39 is 11.9 Å². The first-order valence-electron chi connectivity index (χ1n) is 3.54. The average molecular weight is 190 g/mol. The molecular weight excluding hydrogens is 182 g/mol. The lowest BCUT2D eigenvalue weighted by Crippen LogP contribution is -2.08. The van der Waals surface area contributed by atoms with E-state index in [0.717, 1.165) is 0 Å². The predicted molar refractivity (Wildman–Crippen MR) is 39.3 cm³/mol. The van der Waals surface area contributed by atoms with Gasteiger partial charge in [0.1, 0.15) is 6.61 Å². The first-order chi connectivity index (χ1) is 6.22. The average Bonchev–Trinajstić information content (AvgIpc) is 2.03. The third kappa shape index (κ3) is 3.29. The van der Waals surface area contributed by atoms with Crippen LogP contribution < -0.4 is 4.74 Å². The monoisotopic (exact) mass is 190 g/mol. The lowest BCUT2D eigenvalue weighted by atomic mass is 10.6. The van der Waals surface area contributed by atoms with E-state index in [1.165, 1.54) is 7.11 Å². The van der Waals surface area contributed by atoms with Crippen molar-refractivity contribution in [2.24, 2.45) is 0 Å². The molecule has 4 nitrogen and oxygen atoms in total. The fraction of sp³-hybridized carbons (Fsp3) is 0.429. The van der Waals surface area contributed by atoms with E-state index in [1.807, 2.05) is 0 Å². The van der Waals surface area contributed by atoms with Crippen molar-refractivity contribution in [2.75, 3.05) is 20.3 Å². The Morgan fingerprint density at radius 2 is 1.85 bits per heavy atom. The predicted octanol–water partition coefficient (Wildman–Crippen LogP) is 0.780. The van der Waals surface area contributed by atoms with E-state index in [4.69, 9.17) is 4.74 Å². The Bertz CT molecular complexity index is 263. The van der Waals surface area contributed by atoms with Crippen LogP contribution in [0.2, 0.25) is 0 Å². The molecule has 1 aromatic rings. The summed E-state index contributed by atoms with van der Waals surface area (Å²) in [6, 6.07) is 0.248. The van der Waals surface area contributed by atoms with Crippen LogP contribution in [0.1, 0.15) is 0 Å². The molecule has 0 saturated heterocycles. The topological polar surface area (TPSA) is 44.2 Å². The highest BCUT2D eigenvalue weighted by molar-refractivity contribution is 4.97. The van der Waals surface area contributed by atoms with Crippen LogP contribution in [0.5, 0.6) is 6.01 Å². The summed E-state index contributed by atoms with van der Waals surface area (Å²) < 4.78 is 34.3. The summed E-state index contributed by atoms with van der Waals surface area (Å²) in [4.78, 5) is 6.42. The van der Waals surface area contributed by atoms with Gasteiger partial charge >= 0.3 is 6.01 Å². The quantitative estimate of drug-likeness (QED) is 0.519. The standard InChI is InChI=1S/C7H8F2N2O2/c1-12-2-3-13-7-10-5(8)4-6(9)11-7/h4H,2-3H2,1H3. The summed E-state index contributed by atoms with van der Waals surface area (Å²) >= 11 is 0. The minimum atomic E-state index is -0.958. The maximum absolute atomic E-state index is 12.4. The number of aromatic nitrogens is 2. The molecule has 0 bridgehead atoms. The summed E-state index contributed by atoms with van der Waals surface area (Å²) in [5.41, 5.74) is 0. The van der Waals surface area contributed by atoms with Crippen molar-refractivity contribution >= 4 is 0 Å². The maximum Gasteiger partial charge on any atom is 0.321 e. The number of rotatable bonds is 4. The second-order valence-corrected chi connectivity index (χ2v) is 2.14. The van der Waals surface area contributed by atoms with Crippen LogP contribution in [0.4, 0.5) is 8.78 Å². The van der Waals surface area contributed by atoms with Crippen LogP contribution >= 0.6 is 0 Å². The van der Waals surface area contributed by atoms with Crippen LogP contribution in [0.15, 0.2) is 6.07 Å². The molecule has 0 aliphatic carbocycles. The molecule has 1 rings (SSSR count). The molecule has 0 aliphatic rings. The molecule has 0 spiro atoms. The fourth-order valence-electron chi connectivity index (χ4n) is 0.651. The lowest BCUT2D eigenvalue weighted by molar-refractivity contribution is 0.139. The SMILES string of the molecule is COCCOc1nc(F)cc(F)n1. The van der Waals surface area contributed by atoms with Gasteiger partial charge in [0, 0.05) is 13.2 Å². The molecule has 0 N–H and O–H groups in total. The van der Waals surface area contributed by atoms with Gasteiger partial charge in [-0.2, -0.15) is 18.7 Å². The van der Waals surface area contributed by atoms with Gasteiger partial charge in [0.2, 0.25) is 11.9 Å². The van der Waals surface area contributed by atoms with Crippen LogP contribution in [0.25, 0.3) is 0 Å². The molecule has 72 valence electrons. The molecule has 0 atom stereocenters. The Labute approximate surface area is 73.5 Å².